The monoisotopic (exact) mass is 702 g/mol. The molecular weight excluding hydrogens is 669 g/mol. The van der Waals surface area contributed by atoms with Crippen LogP contribution in [-0.4, -0.2) is 19.8 Å². The Morgan fingerprint density at radius 3 is 1.65 bits per heavy atom. The molecule has 0 saturated carbocycles. The van der Waals surface area contributed by atoms with Crippen LogP contribution in [0, 0.1) is 0 Å². The minimum absolute atomic E-state index is 0.609. The molecule has 4 heteroatoms. The van der Waals surface area contributed by atoms with Gasteiger partial charge in [0, 0.05) is 27.7 Å². The summed E-state index contributed by atoms with van der Waals surface area (Å²) in [5.41, 5.74) is 13.7. The van der Waals surface area contributed by atoms with E-state index < -0.39 is 5.41 Å². The van der Waals surface area contributed by atoms with Gasteiger partial charge in [0.1, 0.15) is 5.82 Å². The molecule has 11 rings (SSSR count). The highest BCUT2D eigenvalue weighted by Crippen LogP contribution is 2.54. The van der Waals surface area contributed by atoms with Gasteiger partial charge in [-0.2, -0.15) is 0 Å². The molecule has 0 atom stereocenters. The van der Waals surface area contributed by atoms with E-state index in [9.17, 15) is 0 Å². The molecule has 1 aliphatic rings. The summed E-state index contributed by atoms with van der Waals surface area (Å²) >= 11 is 0. The minimum atomic E-state index is -0.609. The Bertz CT molecular complexity index is 3010. The van der Waals surface area contributed by atoms with Crippen LogP contribution in [0.25, 0.3) is 55.6 Å². The topological polar surface area (TPSA) is 35.1 Å². The second-order valence-corrected chi connectivity index (χ2v) is 14.2. The van der Waals surface area contributed by atoms with E-state index in [0.717, 1.165) is 67.2 Å². The maximum absolute atomic E-state index is 5.72. The van der Waals surface area contributed by atoms with E-state index in [1.54, 1.807) is 0 Å². The first-order valence-electron chi connectivity index (χ1n) is 18.8. The Labute approximate surface area is 318 Å². The average molecular weight is 703 g/mol. The van der Waals surface area contributed by atoms with Crippen molar-refractivity contribution in [3.63, 3.8) is 0 Å². The highest BCUT2D eigenvalue weighted by Gasteiger charge is 2.48. The van der Waals surface area contributed by atoms with Gasteiger partial charge in [-0.25, -0.2) is 4.98 Å². The number of hydrogen-bond acceptors (Lipinski definition) is 2. The lowest BCUT2D eigenvalue weighted by atomic mass is 9.65. The van der Waals surface area contributed by atoms with Crippen LogP contribution in [0.15, 0.2) is 211 Å². The fraction of sp³-hybridized carbons (Fsp3) is 0.0196. The van der Waals surface area contributed by atoms with Gasteiger partial charge in [-0.3, -0.25) is 9.56 Å². The van der Waals surface area contributed by atoms with Crippen molar-refractivity contribution in [1.82, 2.24) is 14.1 Å². The molecule has 4 nitrogen and oxygen atoms in total. The number of nitrogens with zero attached hydrogens (tertiary/aromatic N) is 4. The van der Waals surface area contributed by atoms with E-state index >= 15 is 0 Å². The summed E-state index contributed by atoms with van der Waals surface area (Å²) in [7, 11) is 0. The first kappa shape index (κ1) is 31.2. The summed E-state index contributed by atoms with van der Waals surface area (Å²) in [6.45, 7) is 0. The Kier molecular flexibility index (Phi) is 7.04. The number of aliphatic imine (C=N–C) groups is 1. The third-order valence-corrected chi connectivity index (χ3v) is 11.2. The molecule has 55 heavy (non-hydrogen) atoms. The molecule has 0 bridgehead atoms. The van der Waals surface area contributed by atoms with Crippen LogP contribution >= 0.6 is 0 Å². The highest BCUT2D eigenvalue weighted by atomic mass is 15.1. The zero-order valence-electron chi connectivity index (χ0n) is 29.9. The third-order valence-electron chi connectivity index (χ3n) is 11.2. The maximum atomic E-state index is 5.72. The zero-order valence-corrected chi connectivity index (χ0v) is 29.9. The fourth-order valence-electron chi connectivity index (χ4n) is 8.88. The molecule has 0 amide bonds. The lowest BCUT2D eigenvalue weighted by molar-refractivity contribution is 0.852. The van der Waals surface area contributed by atoms with Crippen molar-refractivity contribution in [2.24, 2.45) is 4.99 Å². The van der Waals surface area contributed by atoms with Crippen LogP contribution in [-0.2, 0) is 5.41 Å². The molecule has 2 aromatic heterocycles. The van der Waals surface area contributed by atoms with Gasteiger partial charge in [0.25, 0.3) is 0 Å². The molecule has 0 fully saturated rings. The van der Waals surface area contributed by atoms with Gasteiger partial charge in [0.15, 0.2) is 0 Å². The molecule has 10 aromatic rings. The Morgan fingerprint density at radius 2 is 0.964 bits per heavy atom. The van der Waals surface area contributed by atoms with Crippen LogP contribution in [0.2, 0.25) is 0 Å². The maximum Gasteiger partial charge on any atom is 0.145 e. The van der Waals surface area contributed by atoms with Gasteiger partial charge >= 0.3 is 0 Å². The van der Waals surface area contributed by atoms with Gasteiger partial charge in [-0.05, 0) is 82.9 Å². The number of aromatic nitrogens is 3. The second kappa shape index (κ2) is 12.4. The zero-order chi connectivity index (χ0) is 36.3. The van der Waals surface area contributed by atoms with Gasteiger partial charge in [-0.15, -0.1) is 0 Å². The van der Waals surface area contributed by atoms with Crippen LogP contribution in [0.3, 0.4) is 0 Å². The van der Waals surface area contributed by atoms with Crippen LogP contribution in [0.1, 0.15) is 22.3 Å². The number of imidazole rings is 1. The standard InChI is InChI=1S/C51H34N4/c1-5-17-35(18-6-1)49-51(37-19-7-2-8-20-37,38-21-9-3-10-22-38)42-33-34-46-47(48(42)53-49)41-25-13-15-27-44(41)54(46)40-31-29-36(30-32-40)50-52-43-26-14-16-28-45(43)55(50)39-23-11-4-12-24-39/h1-34H. The van der Waals surface area contributed by atoms with Gasteiger partial charge < -0.3 is 4.57 Å². The largest absolute Gasteiger partial charge is 0.309 e. The molecule has 0 radical (unpaired) electrons. The van der Waals surface area contributed by atoms with Crippen molar-refractivity contribution >= 4 is 44.2 Å². The summed E-state index contributed by atoms with van der Waals surface area (Å²) in [6.07, 6.45) is 0. The van der Waals surface area contributed by atoms with E-state index in [2.05, 4.69) is 209 Å². The lowest BCUT2D eigenvalue weighted by Crippen LogP contribution is -2.36. The summed E-state index contributed by atoms with van der Waals surface area (Å²) < 4.78 is 4.64. The predicted molar refractivity (Wildman–Crippen MR) is 226 cm³/mol. The summed E-state index contributed by atoms with van der Waals surface area (Å²) in [4.78, 5) is 10.8. The molecular formula is C51H34N4. The lowest BCUT2D eigenvalue weighted by Gasteiger charge is -2.34. The number of benzene rings is 8. The molecule has 3 heterocycles. The summed E-state index contributed by atoms with van der Waals surface area (Å²) in [5, 5.41) is 2.34. The quantitative estimate of drug-likeness (QED) is 0.170. The Morgan fingerprint density at radius 1 is 0.400 bits per heavy atom. The van der Waals surface area contributed by atoms with E-state index in [-0.39, 0.29) is 0 Å². The van der Waals surface area contributed by atoms with Crippen molar-refractivity contribution in [2.45, 2.75) is 5.41 Å². The van der Waals surface area contributed by atoms with Crippen molar-refractivity contribution in [1.29, 1.82) is 0 Å². The molecule has 8 aromatic carbocycles. The van der Waals surface area contributed by atoms with Gasteiger partial charge in [0.05, 0.1) is 38.9 Å². The van der Waals surface area contributed by atoms with Gasteiger partial charge in [-0.1, -0.05) is 146 Å². The van der Waals surface area contributed by atoms with Crippen molar-refractivity contribution < 1.29 is 0 Å². The Hall–Kier alpha value is -7.30. The number of hydrogen-bond donors (Lipinski definition) is 0. The normalized spacial score (nSPS) is 13.3. The highest BCUT2D eigenvalue weighted by molar-refractivity contribution is 6.23. The van der Waals surface area contributed by atoms with E-state index in [1.165, 1.54) is 22.1 Å². The molecule has 0 aliphatic carbocycles. The van der Waals surface area contributed by atoms with E-state index in [4.69, 9.17) is 9.98 Å². The van der Waals surface area contributed by atoms with Crippen molar-refractivity contribution in [3.05, 3.63) is 229 Å². The number of para-hydroxylation sites is 4. The van der Waals surface area contributed by atoms with Crippen LogP contribution in [0.4, 0.5) is 5.69 Å². The molecule has 258 valence electrons. The molecule has 0 unspecified atom stereocenters. The minimum Gasteiger partial charge on any atom is -0.309 e. The first-order valence-corrected chi connectivity index (χ1v) is 18.8. The van der Waals surface area contributed by atoms with Gasteiger partial charge in [0.2, 0.25) is 0 Å². The predicted octanol–water partition coefficient (Wildman–Crippen LogP) is 12.3. The van der Waals surface area contributed by atoms with Crippen molar-refractivity contribution in [3.8, 4) is 22.8 Å². The summed E-state index contributed by atoms with van der Waals surface area (Å²) in [6, 6.07) is 73.5. The number of fused-ring (bicyclic) bond motifs is 6. The van der Waals surface area contributed by atoms with E-state index in [0.29, 0.717) is 0 Å². The third kappa shape index (κ3) is 4.65. The van der Waals surface area contributed by atoms with Crippen molar-refractivity contribution in [2.75, 3.05) is 0 Å². The molecule has 0 N–H and O–H groups in total. The van der Waals surface area contributed by atoms with Crippen LogP contribution in [0.5, 0.6) is 0 Å². The Balaban J connectivity index is 1.15. The fourth-order valence-corrected chi connectivity index (χ4v) is 8.88. The average Bonchev–Trinajstić information content (AvgIpc) is 3.94. The summed E-state index contributed by atoms with van der Waals surface area (Å²) in [5.74, 6) is 0.917. The molecule has 1 aliphatic heterocycles. The molecule has 0 spiro atoms. The SMILES string of the molecule is c1ccc(C2=Nc3c(ccc4c3c3ccccc3n4-c3ccc(-c4nc5ccccc5n4-c4ccccc4)cc3)C2(c2ccccc2)c2ccccc2)cc1. The number of rotatable bonds is 6. The van der Waals surface area contributed by atoms with Crippen LogP contribution < -0.4 is 0 Å². The van der Waals surface area contributed by atoms with E-state index in [1.807, 2.05) is 6.07 Å². The first-order chi connectivity index (χ1) is 27.3. The second-order valence-electron chi connectivity index (χ2n) is 14.2. The molecule has 0 saturated heterocycles. The smallest absolute Gasteiger partial charge is 0.145 e.